The number of aromatic nitrogens is 1. The predicted octanol–water partition coefficient (Wildman–Crippen LogP) is 4.65. The van der Waals surface area contributed by atoms with Gasteiger partial charge in [0, 0.05) is 24.6 Å². The lowest BCUT2D eigenvalue weighted by Gasteiger charge is -2.25. The van der Waals surface area contributed by atoms with Crippen LogP contribution in [-0.4, -0.2) is 23.7 Å². The molecule has 1 aliphatic rings. The smallest absolute Gasteiger partial charge is 0.141 e. The van der Waals surface area contributed by atoms with Gasteiger partial charge in [-0.1, -0.05) is 18.1 Å². The van der Waals surface area contributed by atoms with Gasteiger partial charge >= 0.3 is 0 Å². The highest BCUT2D eigenvalue weighted by atomic mass is 79.9. The fourth-order valence-electron chi connectivity index (χ4n) is 3.49. The molecule has 4 nitrogen and oxygen atoms in total. The van der Waals surface area contributed by atoms with Crippen molar-refractivity contribution in [2.45, 2.75) is 45.7 Å². The average Bonchev–Trinajstić information content (AvgIpc) is 3.13. The van der Waals surface area contributed by atoms with Gasteiger partial charge in [0.05, 0.1) is 17.3 Å². The maximum Gasteiger partial charge on any atom is 0.141 e. The Morgan fingerprint density at radius 3 is 2.96 bits per heavy atom. The number of nitrogens with zero attached hydrogens (tertiary/aromatic N) is 2. The van der Waals surface area contributed by atoms with Crippen molar-refractivity contribution in [3.05, 3.63) is 45.3 Å². The number of ether oxygens (including phenoxy) is 1. The maximum atomic E-state index is 5.50. The molecule has 2 heterocycles. The summed E-state index contributed by atoms with van der Waals surface area (Å²) in [6, 6.07) is 6.72. The predicted molar refractivity (Wildman–Crippen MR) is 93.7 cm³/mol. The molecule has 1 atom stereocenters. The topological polar surface area (TPSA) is 38.5 Å². The van der Waals surface area contributed by atoms with Crippen LogP contribution in [-0.2, 0) is 13.0 Å². The van der Waals surface area contributed by atoms with E-state index in [1.807, 2.05) is 6.07 Å². The lowest BCUT2D eigenvalue weighted by Crippen LogP contribution is -2.23. The molecule has 124 valence electrons. The van der Waals surface area contributed by atoms with E-state index in [0.29, 0.717) is 6.04 Å². The molecular formula is C18H23BrN2O2. The second-order valence-electron chi connectivity index (χ2n) is 6.06. The molecule has 0 unspecified atom stereocenters. The molecule has 3 rings (SSSR count). The summed E-state index contributed by atoms with van der Waals surface area (Å²) >= 11 is 3.58. The summed E-state index contributed by atoms with van der Waals surface area (Å²) in [7, 11) is 1.69. The summed E-state index contributed by atoms with van der Waals surface area (Å²) in [5, 5.41) is 4.18. The van der Waals surface area contributed by atoms with Crippen LogP contribution < -0.4 is 4.74 Å². The summed E-state index contributed by atoms with van der Waals surface area (Å²) in [5.41, 5.74) is 3.63. The number of benzene rings is 1. The van der Waals surface area contributed by atoms with Gasteiger partial charge in [0.15, 0.2) is 0 Å². The maximum absolute atomic E-state index is 5.50. The van der Waals surface area contributed by atoms with E-state index in [4.69, 9.17) is 9.26 Å². The molecule has 5 heteroatoms. The third kappa shape index (κ3) is 3.31. The number of halogens is 1. The molecule has 0 bridgehead atoms. The summed E-state index contributed by atoms with van der Waals surface area (Å²) in [5.74, 6) is 1.91. The van der Waals surface area contributed by atoms with Crippen LogP contribution in [0.25, 0.3) is 0 Å². The van der Waals surface area contributed by atoms with Crippen LogP contribution in [0.3, 0.4) is 0 Å². The van der Waals surface area contributed by atoms with Crippen LogP contribution >= 0.6 is 15.9 Å². The molecule has 0 N–H and O–H groups in total. The van der Waals surface area contributed by atoms with Crippen molar-refractivity contribution in [1.82, 2.24) is 10.1 Å². The molecule has 1 aromatic heterocycles. The molecule has 0 aliphatic carbocycles. The molecule has 1 aromatic carbocycles. The summed E-state index contributed by atoms with van der Waals surface area (Å²) < 4.78 is 11.8. The summed E-state index contributed by atoms with van der Waals surface area (Å²) in [4.78, 5) is 2.53. The summed E-state index contributed by atoms with van der Waals surface area (Å²) in [6.45, 7) is 6.23. The van der Waals surface area contributed by atoms with Crippen LogP contribution in [0.2, 0.25) is 0 Å². The van der Waals surface area contributed by atoms with Gasteiger partial charge in [-0.3, -0.25) is 4.90 Å². The fourth-order valence-corrected chi connectivity index (χ4v) is 4.08. The SMILES string of the molecule is CCc1onc(C)c1[C@H]1CCCN1Cc1ccc(OC)c(Br)c1. The van der Waals surface area contributed by atoms with Crippen molar-refractivity contribution < 1.29 is 9.26 Å². The first-order valence-corrected chi connectivity index (χ1v) is 8.94. The third-order valence-electron chi connectivity index (χ3n) is 4.60. The number of rotatable bonds is 5. The Kier molecular flexibility index (Phi) is 5.07. The van der Waals surface area contributed by atoms with E-state index in [2.05, 4.69) is 52.0 Å². The number of methoxy groups -OCH3 is 1. The van der Waals surface area contributed by atoms with Crippen LogP contribution in [0.15, 0.2) is 27.2 Å². The second kappa shape index (κ2) is 7.05. The van der Waals surface area contributed by atoms with Crippen LogP contribution in [0, 0.1) is 6.92 Å². The molecule has 2 aromatic rings. The molecule has 0 amide bonds. The Labute approximate surface area is 145 Å². The zero-order valence-corrected chi connectivity index (χ0v) is 15.5. The molecule has 1 fully saturated rings. The number of hydrogen-bond acceptors (Lipinski definition) is 4. The molecule has 1 aliphatic heterocycles. The lowest BCUT2D eigenvalue weighted by molar-refractivity contribution is 0.245. The zero-order valence-electron chi connectivity index (χ0n) is 13.9. The van der Waals surface area contributed by atoms with Gasteiger partial charge in [0.1, 0.15) is 11.5 Å². The van der Waals surface area contributed by atoms with E-state index < -0.39 is 0 Å². The molecule has 0 radical (unpaired) electrons. The van der Waals surface area contributed by atoms with E-state index in [-0.39, 0.29) is 0 Å². The van der Waals surface area contributed by atoms with E-state index in [0.717, 1.165) is 41.2 Å². The highest BCUT2D eigenvalue weighted by Gasteiger charge is 2.31. The largest absolute Gasteiger partial charge is 0.496 e. The van der Waals surface area contributed by atoms with Gasteiger partial charge in [0.25, 0.3) is 0 Å². The van der Waals surface area contributed by atoms with Gasteiger partial charge in [0.2, 0.25) is 0 Å². The van der Waals surface area contributed by atoms with E-state index in [1.165, 1.54) is 24.0 Å². The molecule has 0 saturated carbocycles. The Morgan fingerprint density at radius 2 is 2.26 bits per heavy atom. The van der Waals surface area contributed by atoms with Gasteiger partial charge in [-0.2, -0.15) is 0 Å². The standard InChI is InChI=1S/C18H23BrN2O2/c1-4-16-18(12(2)20-23-16)15-6-5-9-21(15)11-13-7-8-17(22-3)14(19)10-13/h7-8,10,15H,4-6,9,11H2,1-3H3/t15-/m1/s1. The van der Waals surface area contributed by atoms with Crippen LogP contribution in [0.1, 0.15) is 48.4 Å². The van der Waals surface area contributed by atoms with Gasteiger partial charge in [-0.15, -0.1) is 0 Å². The number of likely N-dealkylation sites (tertiary alicyclic amines) is 1. The number of hydrogen-bond donors (Lipinski definition) is 0. The first-order valence-electron chi connectivity index (χ1n) is 8.15. The van der Waals surface area contributed by atoms with Gasteiger partial charge in [-0.05, 0) is 59.9 Å². The van der Waals surface area contributed by atoms with E-state index in [1.54, 1.807) is 7.11 Å². The number of aryl methyl sites for hydroxylation is 2. The van der Waals surface area contributed by atoms with Gasteiger partial charge in [-0.25, -0.2) is 0 Å². The van der Waals surface area contributed by atoms with Crippen LogP contribution in [0.4, 0.5) is 0 Å². The Hall–Kier alpha value is -1.33. The molecule has 0 spiro atoms. The quantitative estimate of drug-likeness (QED) is 0.758. The Morgan fingerprint density at radius 1 is 1.43 bits per heavy atom. The van der Waals surface area contributed by atoms with E-state index in [9.17, 15) is 0 Å². The summed E-state index contributed by atoms with van der Waals surface area (Å²) in [6.07, 6.45) is 3.29. The monoisotopic (exact) mass is 378 g/mol. The molecule has 23 heavy (non-hydrogen) atoms. The zero-order chi connectivity index (χ0) is 16.4. The molecule has 1 saturated heterocycles. The minimum atomic E-state index is 0.414. The van der Waals surface area contributed by atoms with Crippen molar-refractivity contribution >= 4 is 15.9 Å². The fraction of sp³-hybridized carbons (Fsp3) is 0.500. The normalized spacial score (nSPS) is 18.5. The highest BCUT2D eigenvalue weighted by molar-refractivity contribution is 9.10. The highest BCUT2D eigenvalue weighted by Crippen LogP contribution is 2.37. The molecular weight excluding hydrogens is 356 g/mol. The van der Waals surface area contributed by atoms with Crippen molar-refractivity contribution in [3.8, 4) is 5.75 Å². The first-order chi connectivity index (χ1) is 11.1. The minimum absolute atomic E-state index is 0.414. The Bertz CT molecular complexity index is 684. The van der Waals surface area contributed by atoms with Crippen LogP contribution in [0.5, 0.6) is 5.75 Å². The van der Waals surface area contributed by atoms with Crippen molar-refractivity contribution in [1.29, 1.82) is 0 Å². The second-order valence-corrected chi connectivity index (χ2v) is 6.91. The lowest BCUT2D eigenvalue weighted by atomic mass is 10.0. The van der Waals surface area contributed by atoms with Crippen molar-refractivity contribution in [2.24, 2.45) is 0 Å². The Balaban J connectivity index is 1.82. The third-order valence-corrected chi connectivity index (χ3v) is 5.22. The average molecular weight is 379 g/mol. The first kappa shape index (κ1) is 16.5. The van der Waals surface area contributed by atoms with Crippen molar-refractivity contribution in [2.75, 3.05) is 13.7 Å². The van der Waals surface area contributed by atoms with E-state index >= 15 is 0 Å². The van der Waals surface area contributed by atoms with Gasteiger partial charge < -0.3 is 9.26 Å². The van der Waals surface area contributed by atoms with Crippen molar-refractivity contribution in [3.63, 3.8) is 0 Å². The minimum Gasteiger partial charge on any atom is -0.496 e.